The number of anilines is 1. The molecule has 158 valence electrons. The number of hydrogen-bond acceptors (Lipinski definition) is 6. The number of amides is 2. The summed E-state index contributed by atoms with van der Waals surface area (Å²) in [5.41, 5.74) is 2.85. The lowest BCUT2D eigenvalue weighted by atomic mass is 10.1. The standard InChI is InChI=1S/C23H24N6O2/c1-14-18(22(30)28-17-8-5-4-6-9-17)12-25-21(27-14)20-10-7-11-29(20)23(31)19-13-24-16(3)26-15(19)2/h4-6,8-9,12-13,20H,7,10-11H2,1-3H3,(H,28,30)/t20-/m1/s1. The monoisotopic (exact) mass is 416 g/mol. The first kappa shape index (κ1) is 20.6. The van der Waals surface area contributed by atoms with E-state index in [9.17, 15) is 9.59 Å². The van der Waals surface area contributed by atoms with Crippen molar-refractivity contribution in [2.45, 2.75) is 39.7 Å². The van der Waals surface area contributed by atoms with Gasteiger partial charge in [-0.3, -0.25) is 9.59 Å². The van der Waals surface area contributed by atoms with Gasteiger partial charge in [0.15, 0.2) is 5.82 Å². The van der Waals surface area contributed by atoms with Crippen molar-refractivity contribution in [2.24, 2.45) is 0 Å². The Balaban J connectivity index is 1.55. The van der Waals surface area contributed by atoms with Gasteiger partial charge in [0, 0.05) is 24.6 Å². The van der Waals surface area contributed by atoms with Crippen LogP contribution in [0.5, 0.6) is 0 Å². The highest BCUT2D eigenvalue weighted by molar-refractivity contribution is 6.04. The summed E-state index contributed by atoms with van der Waals surface area (Å²) in [7, 11) is 0. The van der Waals surface area contributed by atoms with Gasteiger partial charge in [-0.25, -0.2) is 19.9 Å². The quantitative estimate of drug-likeness (QED) is 0.699. The average molecular weight is 416 g/mol. The Bertz CT molecular complexity index is 1130. The molecule has 1 aliphatic heterocycles. The van der Waals surface area contributed by atoms with E-state index in [-0.39, 0.29) is 17.9 Å². The Hall–Kier alpha value is -3.68. The summed E-state index contributed by atoms with van der Waals surface area (Å²) in [5.74, 6) is 0.801. The molecular weight excluding hydrogens is 392 g/mol. The third-order valence-corrected chi connectivity index (χ3v) is 5.42. The summed E-state index contributed by atoms with van der Waals surface area (Å²) >= 11 is 0. The molecule has 2 aromatic heterocycles. The van der Waals surface area contributed by atoms with Crippen LogP contribution in [-0.4, -0.2) is 43.2 Å². The molecule has 0 radical (unpaired) electrons. The van der Waals surface area contributed by atoms with Crippen molar-refractivity contribution in [2.75, 3.05) is 11.9 Å². The largest absolute Gasteiger partial charge is 0.328 e. The van der Waals surface area contributed by atoms with Crippen LogP contribution >= 0.6 is 0 Å². The molecule has 8 nitrogen and oxygen atoms in total. The molecule has 0 unspecified atom stereocenters. The zero-order valence-corrected chi connectivity index (χ0v) is 17.8. The van der Waals surface area contributed by atoms with Crippen molar-refractivity contribution in [3.05, 3.63) is 76.9 Å². The zero-order chi connectivity index (χ0) is 22.0. The number of nitrogens with one attached hydrogen (secondary N) is 1. The Morgan fingerprint density at radius 2 is 1.68 bits per heavy atom. The molecule has 0 spiro atoms. The number of hydrogen-bond donors (Lipinski definition) is 1. The van der Waals surface area contributed by atoms with Gasteiger partial charge in [0.2, 0.25) is 0 Å². The second kappa shape index (κ2) is 8.59. The minimum atomic E-state index is -0.262. The second-order valence-electron chi connectivity index (χ2n) is 7.62. The van der Waals surface area contributed by atoms with Gasteiger partial charge in [0.1, 0.15) is 5.82 Å². The van der Waals surface area contributed by atoms with Crippen molar-refractivity contribution in [3.8, 4) is 0 Å². The molecular formula is C23H24N6O2. The number of benzene rings is 1. The van der Waals surface area contributed by atoms with E-state index in [4.69, 9.17) is 0 Å². The number of rotatable bonds is 4. The average Bonchev–Trinajstić information content (AvgIpc) is 3.24. The summed E-state index contributed by atoms with van der Waals surface area (Å²) in [6, 6.07) is 9.00. The molecule has 1 aliphatic rings. The normalized spacial score (nSPS) is 15.7. The second-order valence-corrected chi connectivity index (χ2v) is 7.62. The van der Waals surface area contributed by atoms with Crippen LogP contribution < -0.4 is 5.32 Å². The van der Waals surface area contributed by atoms with E-state index in [1.54, 1.807) is 24.9 Å². The van der Waals surface area contributed by atoms with Gasteiger partial charge in [0.25, 0.3) is 11.8 Å². The summed E-state index contributed by atoms with van der Waals surface area (Å²) in [6.45, 7) is 6.01. The van der Waals surface area contributed by atoms with Gasteiger partial charge in [-0.15, -0.1) is 0 Å². The molecule has 0 bridgehead atoms. The predicted octanol–water partition coefficient (Wildman–Crippen LogP) is 3.42. The van der Waals surface area contributed by atoms with Crippen LogP contribution in [0.25, 0.3) is 0 Å². The number of likely N-dealkylation sites (tertiary alicyclic amines) is 1. The molecule has 1 saturated heterocycles. The fraction of sp³-hybridized carbons (Fsp3) is 0.304. The molecule has 2 amide bonds. The molecule has 0 saturated carbocycles. The number of para-hydroxylation sites is 1. The van der Waals surface area contributed by atoms with Gasteiger partial charge in [-0.2, -0.15) is 0 Å². The van der Waals surface area contributed by atoms with Gasteiger partial charge < -0.3 is 10.2 Å². The first-order chi connectivity index (χ1) is 14.9. The third kappa shape index (κ3) is 4.28. The summed E-state index contributed by atoms with van der Waals surface area (Å²) in [5, 5.41) is 2.85. The molecule has 8 heteroatoms. The molecule has 1 aromatic carbocycles. The van der Waals surface area contributed by atoms with E-state index >= 15 is 0 Å². The van der Waals surface area contributed by atoms with Crippen molar-refractivity contribution in [3.63, 3.8) is 0 Å². The van der Waals surface area contributed by atoms with Crippen LogP contribution in [0.15, 0.2) is 42.7 Å². The SMILES string of the molecule is Cc1ncc(C(=O)N2CCC[C@@H]2c2ncc(C(=O)Nc3ccccc3)c(C)n2)c(C)n1. The minimum absolute atomic E-state index is 0.118. The highest BCUT2D eigenvalue weighted by Gasteiger charge is 2.34. The van der Waals surface area contributed by atoms with E-state index in [1.807, 2.05) is 37.3 Å². The van der Waals surface area contributed by atoms with E-state index in [1.165, 1.54) is 6.20 Å². The number of carbonyl (C=O) groups excluding carboxylic acids is 2. The fourth-order valence-electron chi connectivity index (χ4n) is 3.81. The topological polar surface area (TPSA) is 101 Å². The Labute approximate surface area is 180 Å². The number of nitrogens with zero attached hydrogens (tertiary/aromatic N) is 5. The van der Waals surface area contributed by atoms with Crippen molar-refractivity contribution in [1.29, 1.82) is 0 Å². The van der Waals surface area contributed by atoms with Crippen molar-refractivity contribution in [1.82, 2.24) is 24.8 Å². The Morgan fingerprint density at radius 3 is 2.39 bits per heavy atom. The van der Waals surface area contributed by atoms with Crippen LogP contribution in [0.1, 0.15) is 62.6 Å². The maximum Gasteiger partial charge on any atom is 0.259 e. The predicted molar refractivity (Wildman–Crippen MR) is 116 cm³/mol. The number of aryl methyl sites for hydroxylation is 3. The first-order valence-corrected chi connectivity index (χ1v) is 10.2. The number of carbonyl (C=O) groups is 2. The highest BCUT2D eigenvalue weighted by atomic mass is 16.2. The lowest BCUT2D eigenvalue weighted by Crippen LogP contribution is -2.32. The summed E-state index contributed by atoms with van der Waals surface area (Å²) in [4.78, 5) is 45.1. The van der Waals surface area contributed by atoms with Gasteiger partial charge in [0.05, 0.1) is 28.6 Å². The van der Waals surface area contributed by atoms with E-state index < -0.39 is 0 Å². The van der Waals surface area contributed by atoms with Crippen LogP contribution in [0.4, 0.5) is 5.69 Å². The minimum Gasteiger partial charge on any atom is -0.328 e. The van der Waals surface area contributed by atoms with Crippen LogP contribution in [0.2, 0.25) is 0 Å². The van der Waals surface area contributed by atoms with Crippen LogP contribution in [0.3, 0.4) is 0 Å². The van der Waals surface area contributed by atoms with E-state index in [0.29, 0.717) is 46.4 Å². The molecule has 1 N–H and O–H groups in total. The number of aromatic nitrogens is 4. The maximum atomic E-state index is 13.2. The zero-order valence-electron chi connectivity index (χ0n) is 17.8. The van der Waals surface area contributed by atoms with Crippen molar-refractivity contribution < 1.29 is 9.59 Å². The van der Waals surface area contributed by atoms with Crippen LogP contribution in [-0.2, 0) is 0 Å². The third-order valence-electron chi connectivity index (χ3n) is 5.42. The van der Waals surface area contributed by atoms with Gasteiger partial charge >= 0.3 is 0 Å². The fourth-order valence-corrected chi connectivity index (χ4v) is 3.81. The molecule has 1 atom stereocenters. The summed E-state index contributed by atoms with van der Waals surface area (Å²) in [6.07, 6.45) is 4.75. The lowest BCUT2D eigenvalue weighted by molar-refractivity contribution is 0.0727. The molecule has 1 fully saturated rings. The van der Waals surface area contributed by atoms with Gasteiger partial charge in [-0.05, 0) is 45.7 Å². The molecule has 3 heterocycles. The molecule has 4 rings (SSSR count). The van der Waals surface area contributed by atoms with Gasteiger partial charge in [-0.1, -0.05) is 18.2 Å². The Morgan fingerprint density at radius 1 is 0.968 bits per heavy atom. The van der Waals surface area contributed by atoms with E-state index in [0.717, 1.165) is 12.8 Å². The van der Waals surface area contributed by atoms with Crippen molar-refractivity contribution >= 4 is 17.5 Å². The van der Waals surface area contributed by atoms with E-state index in [2.05, 4.69) is 25.3 Å². The van der Waals surface area contributed by atoms with Crippen LogP contribution in [0, 0.1) is 20.8 Å². The first-order valence-electron chi connectivity index (χ1n) is 10.2. The highest BCUT2D eigenvalue weighted by Crippen LogP contribution is 2.31. The molecule has 0 aliphatic carbocycles. The Kier molecular flexibility index (Phi) is 5.70. The lowest BCUT2D eigenvalue weighted by Gasteiger charge is -2.24. The molecule has 31 heavy (non-hydrogen) atoms. The summed E-state index contributed by atoms with van der Waals surface area (Å²) < 4.78 is 0. The maximum absolute atomic E-state index is 13.2. The molecule has 3 aromatic rings. The smallest absolute Gasteiger partial charge is 0.259 e.